The first-order chi connectivity index (χ1) is 11.8. The molecule has 2 N–H and O–H groups in total. The molecule has 1 aromatic carbocycles. The van der Waals surface area contributed by atoms with E-state index in [0.29, 0.717) is 30.4 Å². The second-order valence-electron chi connectivity index (χ2n) is 7.02. The van der Waals surface area contributed by atoms with Crippen LogP contribution in [0.5, 0.6) is 5.75 Å². The Morgan fingerprint density at radius 1 is 1.32 bits per heavy atom. The van der Waals surface area contributed by atoms with Gasteiger partial charge in [0, 0.05) is 13.1 Å². The van der Waals surface area contributed by atoms with Gasteiger partial charge in [0.25, 0.3) is 0 Å². The van der Waals surface area contributed by atoms with Crippen molar-refractivity contribution in [2.45, 2.75) is 32.4 Å². The molecule has 1 amide bonds. The van der Waals surface area contributed by atoms with Gasteiger partial charge in [-0.25, -0.2) is 14.5 Å². The first-order valence-electron chi connectivity index (χ1n) is 8.10. The quantitative estimate of drug-likeness (QED) is 0.858. The van der Waals surface area contributed by atoms with Gasteiger partial charge in [0.1, 0.15) is 11.9 Å². The van der Waals surface area contributed by atoms with Crippen molar-refractivity contribution in [2.24, 2.45) is 0 Å². The standard InChI is InChI=1S/C17H23N5O3/c1-17(2,3)25-16(23)21-8-11(9-21)22-10-19-15(20-22)12-6-5-7-13(18)14(12)24-4/h5-7,10-11H,8-9,18H2,1-4H3. The van der Waals surface area contributed by atoms with Crippen LogP contribution in [-0.4, -0.2) is 51.6 Å². The number of nitrogen functional groups attached to an aromatic ring is 1. The number of anilines is 1. The van der Waals surface area contributed by atoms with E-state index in [1.165, 1.54) is 0 Å². The predicted molar refractivity (Wildman–Crippen MR) is 93.3 cm³/mol. The van der Waals surface area contributed by atoms with E-state index in [4.69, 9.17) is 15.2 Å². The van der Waals surface area contributed by atoms with E-state index < -0.39 is 5.60 Å². The lowest BCUT2D eigenvalue weighted by Crippen LogP contribution is -2.52. The Morgan fingerprint density at radius 2 is 2.04 bits per heavy atom. The number of benzene rings is 1. The van der Waals surface area contributed by atoms with Crippen LogP contribution < -0.4 is 10.5 Å². The van der Waals surface area contributed by atoms with Gasteiger partial charge in [0.05, 0.1) is 24.4 Å². The Morgan fingerprint density at radius 3 is 2.68 bits per heavy atom. The van der Waals surface area contributed by atoms with Crippen LogP contribution in [0.1, 0.15) is 26.8 Å². The van der Waals surface area contributed by atoms with Crippen LogP contribution in [-0.2, 0) is 4.74 Å². The van der Waals surface area contributed by atoms with Crippen LogP contribution in [0.15, 0.2) is 24.5 Å². The molecule has 2 heterocycles. The minimum atomic E-state index is -0.494. The highest BCUT2D eigenvalue weighted by atomic mass is 16.6. The van der Waals surface area contributed by atoms with Gasteiger partial charge < -0.3 is 20.1 Å². The Bertz CT molecular complexity index is 775. The van der Waals surface area contributed by atoms with Gasteiger partial charge >= 0.3 is 6.09 Å². The van der Waals surface area contributed by atoms with E-state index >= 15 is 0 Å². The molecule has 3 rings (SSSR count). The van der Waals surface area contributed by atoms with Crippen LogP contribution in [0, 0.1) is 0 Å². The lowest BCUT2D eigenvalue weighted by Gasteiger charge is -2.39. The fourth-order valence-electron chi connectivity index (χ4n) is 2.63. The fraction of sp³-hybridized carbons (Fsp3) is 0.471. The van der Waals surface area contributed by atoms with Gasteiger partial charge in [-0.3, -0.25) is 0 Å². The molecule has 0 radical (unpaired) electrons. The van der Waals surface area contributed by atoms with Crippen molar-refractivity contribution in [3.8, 4) is 17.1 Å². The molecule has 1 aliphatic heterocycles. The summed E-state index contributed by atoms with van der Waals surface area (Å²) in [5.41, 5.74) is 6.71. The van der Waals surface area contributed by atoms with Crippen LogP contribution in [0.25, 0.3) is 11.4 Å². The van der Waals surface area contributed by atoms with E-state index in [2.05, 4.69) is 10.1 Å². The van der Waals surface area contributed by atoms with Crippen molar-refractivity contribution in [3.63, 3.8) is 0 Å². The van der Waals surface area contributed by atoms with Gasteiger partial charge in [-0.2, -0.15) is 5.10 Å². The Balaban J connectivity index is 1.68. The number of para-hydroxylation sites is 1. The second kappa shape index (κ2) is 6.27. The van der Waals surface area contributed by atoms with E-state index in [-0.39, 0.29) is 12.1 Å². The molecule has 0 bridgehead atoms. The molecular weight excluding hydrogens is 322 g/mol. The molecule has 1 aliphatic rings. The number of nitrogens with two attached hydrogens (primary N) is 1. The number of ether oxygens (including phenoxy) is 2. The molecule has 8 heteroatoms. The minimum Gasteiger partial charge on any atom is -0.494 e. The average Bonchev–Trinajstić information content (AvgIpc) is 2.92. The van der Waals surface area contributed by atoms with Gasteiger partial charge in [0.15, 0.2) is 11.6 Å². The summed E-state index contributed by atoms with van der Waals surface area (Å²) in [4.78, 5) is 18.0. The zero-order valence-corrected chi connectivity index (χ0v) is 14.9. The minimum absolute atomic E-state index is 0.0841. The number of nitrogens with zero attached hydrogens (tertiary/aromatic N) is 4. The van der Waals surface area contributed by atoms with E-state index in [0.717, 1.165) is 5.56 Å². The molecule has 0 atom stereocenters. The second-order valence-corrected chi connectivity index (χ2v) is 7.02. The summed E-state index contributed by atoms with van der Waals surface area (Å²) in [7, 11) is 1.57. The summed E-state index contributed by atoms with van der Waals surface area (Å²) in [6.45, 7) is 6.65. The van der Waals surface area contributed by atoms with Crippen molar-refractivity contribution in [1.29, 1.82) is 0 Å². The molecule has 25 heavy (non-hydrogen) atoms. The first kappa shape index (κ1) is 17.1. The maximum absolute atomic E-state index is 12.0. The summed E-state index contributed by atoms with van der Waals surface area (Å²) in [5, 5.41) is 4.51. The van der Waals surface area contributed by atoms with Crippen LogP contribution in [0.3, 0.4) is 0 Å². The molecule has 0 saturated carbocycles. The molecule has 0 unspecified atom stereocenters. The van der Waals surface area contributed by atoms with Crippen molar-refractivity contribution in [3.05, 3.63) is 24.5 Å². The van der Waals surface area contributed by atoms with Crippen LogP contribution in [0.2, 0.25) is 0 Å². The highest BCUT2D eigenvalue weighted by molar-refractivity contribution is 5.73. The molecule has 0 spiro atoms. The normalized spacial score (nSPS) is 15.0. The summed E-state index contributed by atoms with van der Waals surface area (Å²) in [6.07, 6.45) is 1.36. The van der Waals surface area contributed by atoms with Gasteiger partial charge in [-0.05, 0) is 32.9 Å². The number of aromatic nitrogens is 3. The maximum atomic E-state index is 12.0. The molecule has 1 saturated heterocycles. The third-order valence-electron chi connectivity index (χ3n) is 3.89. The van der Waals surface area contributed by atoms with Crippen molar-refractivity contribution in [2.75, 3.05) is 25.9 Å². The van der Waals surface area contributed by atoms with Gasteiger partial charge in [-0.15, -0.1) is 0 Å². The zero-order chi connectivity index (χ0) is 18.2. The number of carbonyl (C=O) groups excluding carboxylic acids is 1. The lowest BCUT2D eigenvalue weighted by atomic mass is 10.1. The predicted octanol–water partition coefficient (Wildman–Crippen LogP) is 2.33. The van der Waals surface area contributed by atoms with Crippen molar-refractivity contribution in [1.82, 2.24) is 19.7 Å². The van der Waals surface area contributed by atoms with Crippen molar-refractivity contribution >= 4 is 11.8 Å². The number of rotatable bonds is 3. The van der Waals surface area contributed by atoms with Gasteiger partial charge in [0.2, 0.25) is 0 Å². The fourth-order valence-corrected chi connectivity index (χ4v) is 2.63. The average molecular weight is 345 g/mol. The molecule has 8 nitrogen and oxygen atoms in total. The van der Waals surface area contributed by atoms with Crippen molar-refractivity contribution < 1.29 is 14.3 Å². The molecule has 1 aromatic heterocycles. The van der Waals surface area contributed by atoms with E-state index in [1.54, 1.807) is 29.1 Å². The molecule has 2 aromatic rings. The first-order valence-corrected chi connectivity index (χ1v) is 8.10. The number of hydrogen-bond acceptors (Lipinski definition) is 6. The Kier molecular flexibility index (Phi) is 4.28. The number of carbonyl (C=O) groups is 1. The number of hydrogen-bond donors (Lipinski definition) is 1. The van der Waals surface area contributed by atoms with E-state index in [9.17, 15) is 4.79 Å². The third kappa shape index (κ3) is 3.52. The monoisotopic (exact) mass is 345 g/mol. The lowest BCUT2D eigenvalue weighted by molar-refractivity contribution is -0.000408. The summed E-state index contributed by atoms with van der Waals surface area (Å²) in [6, 6.07) is 5.55. The summed E-state index contributed by atoms with van der Waals surface area (Å²) in [5.74, 6) is 1.10. The number of amides is 1. The Labute approximate surface area is 146 Å². The summed E-state index contributed by atoms with van der Waals surface area (Å²) >= 11 is 0. The topological polar surface area (TPSA) is 95.5 Å². The number of methoxy groups -OCH3 is 1. The van der Waals surface area contributed by atoms with E-state index in [1.807, 2.05) is 32.9 Å². The molecule has 134 valence electrons. The van der Waals surface area contributed by atoms with Crippen LogP contribution in [0.4, 0.5) is 10.5 Å². The molecule has 1 fully saturated rings. The van der Waals surface area contributed by atoms with Gasteiger partial charge in [-0.1, -0.05) is 6.07 Å². The maximum Gasteiger partial charge on any atom is 0.410 e. The zero-order valence-electron chi connectivity index (χ0n) is 14.9. The summed E-state index contributed by atoms with van der Waals surface area (Å²) < 4.78 is 12.5. The Hall–Kier alpha value is -2.77. The SMILES string of the molecule is COc1c(N)cccc1-c1ncn(C2CN(C(=O)OC(C)(C)C)C2)n1. The third-order valence-corrected chi connectivity index (χ3v) is 3.89. The molecule has 0 aliphatic carbocycles. The van der Waals surface area contributed by atoms with Crippen LogP contribution >= 0.6 is 0 Å². The number of likely N-dealkylation sites (tertiary alicyclic amines) is 1. The molecular formula is C17H23N5O3. The largest absolute Gasteiger partial charge is 0.494 e. The highest BCUT2D eigenvalue weighted by Crippen LogP contribution is 2.33. The smallest absolute Gasteiger partial charge is 0.410 e. The highest BCUT2D eigenvalue weighted by Gasteiger charge is 2.35.